The Bertz CT molecular complexity index is 1280. The summed E-state index contributed by atoms with van der Waals surface area (Å²) in [6.45, 7) is 0.162. The minimum atomic E-state index is -3.76. The van der Waals surface area contributed by atoms with Crippen LogP contribution in [0, 0.1) is 0 Å². The summed E-state index contributed by atoms with van der Waals surface area (Å²) in [5, 5.41) is 5.17. The zero-order valence-electron chi connectivity index (χ0n) is 17.8. The number of benzene rings is 3. The third kappa shape index (κ3) is 4.06. The van der Waals surface area contributed by atoms with Gasteiger partial charge in [-0.1, -0.05) is 30.3 Å². The number of primary sulfonamides is 1. The van der Waals surface area contributed by atoms with E-state index in [-0.39, 0.29) is 17.3 Å². The molecular formula is C24H23NO6S. The number of hydrogen-bond acceptors (Lipinski definition) is 6. The summed E-state index contributed by atoms with van der Waals surface area (Å²) in [7, 11) is -0.681. The monoisotopic (exact) mass is 453 g/mol. The maximum Gasteiger partial charge on any atom is 0.238 e. The summed E-state index contributed by atoms with van der Waals surface area (Å²) in [6, 6.07) is 15.5. The van der Waals surface area contributed by atoms with Crippen LogP contribution in [0.15, 0.2) is 59.5 Å². The fourth-order valence-corrected chi connectivity index (χ4v) is 4.44. The lowest BCUT2D eigenvalue weighted by Crippen LogP contribution is -2.12. The summed E-state index contributed by atoms with van der Waals surface area (Å²) in [4.78, 5) is 12.3. The van der Waals surface area contributed by atoms with E-state index in [0.717, 1.165) is 27.8 Å². The molecule has 166 valence electrons. The average Bonchev–Trinajstić information content (AvgIpc) is 3.17. The summed E-state index contributed by atoms with van der Waals surface area (Å²) in [5.74, 6) is 1.57. The molecule has 1 aliphatic carbocycles. The van der Waals surface area contributed by atoms with Gasteiger partial charge in [0, 0.05) is 17.5 Å². The smallest absolute Gasteiger partial charge is 0.238 e. The molecule has 4 rings (SSSR count). The van der Waals surface area contributed by atoms with Gasteiger partial charge in [0.1, 0.15) is 6.61 Å². The minimum absolute atomic E-state index is 0.0328. The molecule has 0 aliphatic heterocycles. The Morgan fingerprint density at radius 3 is 2.22 bits per heavy atom. The van der Waals surface area contributed by atoms with Crippen molar-refractivity contribution in [2.75, 3.05) is 14.2 Å². The lowest BCUT2D eigenvalue weighted by atomic mass is 9.95. The third-order valence-corrected chi connectivity index (χ3v) is 6.43. The second kappa shape index (κ2) is 8.64. The number of ether oxygens (including phenoxy) is 3. The lowest BCUT2D eigenvalue weighted by Gasteiger charge is -2.19. The molecule has 0 amide bonds. The van der Waals surface area contributed by atoms with Crippen molar-refractivity contribution < 1.29 is 27.4 Å². The first-order chi connectivity index (χ1) is 15.3. The highest BCUT2D eigenvalue weighted by Crippen LogP contribution is 2.46. The van der Waals surface area contributed by atoms with E-state index in [9.17, 15) is 13.2 Å². The Morgan fingerprint density at radius 2 is 1.56 bits per heavy atom. The van der Waals surface area contributed by atoms with Gasteiger partial charge < -0.3 is 14.2 Å². The van der Waals surface area contributed by atoms with Gasteiger partial charge in [0.25, 0.3) is 0 Å². The van der Waals surface area contributed by atoms with Crippen LogP contribution in [0.1, 0.15) is 27.9 Å². The first kappa shape index (κ1) is 21.9. The van der Waals surface area contributed by atoms with Gasteiger partial charge in [0.05, 0.1) is 19.1 Å². The van der Waals surface area contributed by atoms with Crippen LogP contribution in [0.3, 0.4) is 0 Å². The van der Waals surface area contributed by atoms with Crippen molar-refractivity contribution >= 4 is 15.8 Å². The van der Waals surface area contributed by atoms with Crippen LogP contribution in [0.25, 0.3) is 11.1 Å². The Kier molecular flexibility index (Phi) is 5.90. The normalized spacial score (nSPS) is 13.0. The molecule has 0 fully saturated rings. The number of rotatable bonds is 7. The van der Waals surface area contributed by atoms with Gasteiger partial charge in [0.15, 0.2) is 17.3 Å². The number of sulfonamides is 1. The number of methoxy groups -OCH3 is 2. The predicted octanol–water partition coefficient (Wildman–Crippen LogP) is 3.73. The highest BCUT2D eigenvalue weighted by molar-refractivity contribution is 7.89. The first-order valence-corrected chi connectivity index (χ1v) is 11.5. The quantitative estimate of drug-likeness (QED) is 0.585. The molecule has 0 atom stereocenters. The number of hydrogen-bond donors (Lipinski definition) is 1. The Labute approximate surface area is 186 Å². The molecule has 7 nitrogen and oxygen atoms in total. The fourth-order valence-electron chi connectivity index (χ4n) is 3.93. The van der Waals surface area contributed by atoms with E-state index in [4.69, 9.17) is 19.3 Å². The van der Waals surface area contributed by atoms with Crippen LogP contribution in [0.4, 0.5) is 0 Å². The second-order valence-electron chi connectivity index (χ2n) is 7.41. The van der Waals surface area contributed by atoms with Crippen LogP contribution < -0.4 is 19.3 Å². The number of carbonyl (C=O) groups is 1. The molecule has 8 heteroatoms. The van der Waals surface area contributed by atoms with Crippen molar-refractivity contribution in [3.8, 4) is 28.4 Å². The maximum absolute atomic E-state index is 12.2. The molecule has 0 heterocycles. The summed E-state index contributed by atoms with van der Waals surface area (Å²) in [6.07, 6.45) is 1.17. The highest BCUT2D eigenvalue weighted by atomic mass is 32.2. The van der Waals surface area contributed by atoms with Crippen LogP contribution in [0.2, 0.25) is 0 Å². The molecule has 3 aromatic carbocycles. The third-order valence-electron chi connectivity index (χ3n) is 5.50. The van der Waals surface area contributed by atoms with E-state index in [1.54, 1.807) is 25.3 Å². The van der Waals surface area contributed by atoms with Crippen molar-refractivity contribution in [2.24, 2.45) is 5.14 Å². The van der Waals surface area contributed by atoms with Gasteiger partial charge >= 0.3 is 0 Å². The van der Waals surface area contributed by atoms with E-state index in [2.05, 4.69) is 0 Å². The molecule has 0 aromatic heterocycles. The Morgan fingerprint density at radius 1 is 0.844 bits per heavy atom. The van der Waals surface area contributed by atoms with E-state index in [1.807, 2.05) is 24.3 Å². The van der Waals surface area contributed by atoms with Crippen molar-refractivity contribution in [2.45, 2.75) is 24.3 Å². The summed E-state index contributed by atoms with van der Waals surface area (Å²) >= 11 is 0. The topological polar surface area (TPSA) is 105 Å². The predicted molar refractivity (Wildman–Crippen MR) is 120 cm³/mol. The fraction of sp³-hybridized carbons (Fsp3) is 0.208. The van der Waals surface area contributed by atoms with E-state index in [0.29, 0.717) is 30.1 Å². The second-order valence-corrected chi connectivity index (χ2v) is 8.97. The van der Waals surface area contributed by atoms with Gasteiger partial charge in [-0.25, -0.2) is 13.6 Å². The van der Waals surface area contributed by atoms with Gasteiger partial charge in [-0.2, -0.15) is 0 Å². The summed E-state index contributed by atoms with van der Waals surface area (Å²) < 4.78 is 40.2. The van der Waals surface area contributed by atoms with Crippen LogP contribution in [-0.4, -0.2) is 28.4 Å². The average molecular weight is 454 g/mol. The van der Waals surface area contributed by atoms with Crippen molar-refractivity contribution in [1.29, 1.82) is 0 Å². The molecular weight excluding hydrogens is 430 g/mol. The minimum Gasteiger partial charge on any atom is -0.493 e. The zero-order chi connectivity index (χ0) is 22.9. The standard InChI is InChI=1S/C24H23NO6S/c1-29-22-13-11-20(17-4-3-5-19-18(17)10-12-21(19)26)23(24(22)30-2)31-14-15-6-8-16(9-7-15)32(25,27)28/h3-9,11,13H,10,12,14H2,1-2H3,(H2,25,27,28). The largest absolute Gasteiger partial charge is 0.493 e. The molecule has 0 unspecified atom stereocenters. The van der Waals surface area contributed by atoms with E-state index < -0.39 is 10.0 Å². The van der Waals surface area contributed by atoms with Crippen molar-refractivity contribution in [3.63, 3.8) is 0 Å². The van der Waals surface area contributed by atoms with Gasteiger partial charge in [-0.3, -0.25) is 4.79 Å². The summed E-state index contributed by atoms with van der Waals surface area (Å²) in [5.41, 5.74) is 4.18. The number of ketones is 1. The van der Waals surface area contributed by atoms with Gasteiger partial charge in [-0.05, 0) is 47.4 Å². The maximum atomic E-state index is 12.2. The first-order valence-electron chi connectivity index (χ1n) is 9.98. The SMILES string of the molecule is COc1ccc(-c2cccc3c2CCC3=O)c(OCc2ccc(S(N)(=O)=O)cc2)c1OC. The lowest BCUT2D eigenvalue weighted by molar-refractivity contribution is 0.0994. The number of nitrogens with two attached hydrogens (primary N) is 1. The molecule has 3 aromatic rings. The molecule has 2 N–H and O–H groups in total. The zero-order valence-corrected chi connectivity index (χ0v) is 18.6. The van der Waals surface area contributed by atoms with Crippen LogP contribution >= 0.6 is 0 Å². The van der Waals surface area contributed by atoms with Gasteiger partial charge in [-0.15, -0.1) is 0 Å². The molecule has 0 saturated heterocycles. The molecule has 32 heavy (non-hydrogen) atoms. The van der Waals surface area contributed by atoms with Crippen LogP contribution in [-0.2, 0) is 23.1 Å². The Balaban J connectivity index is 1.75. The van der Waals surface area contributed by atoms with Crippen molar-refractivity contribution in [1.82, 2.24) is 0 Å². The molecule has 0 saturated carbocycles. The van der Waals surface area contributed by atoms with Crippen LogP contribution in [0.5, 0.6) is 17.2 Å². The number of carbonyl (C=O) groups excluding carboxylic acids is 1. The molecule has 1 aliphatic rings. The number of Topliss-reactive ketones (excluding diaryl/α,β-unsaturated/α-hetero) is 1. The molecule has 0 bridgehead atoms. The van der Waals surface area contributed by atoms with Gasteiger partial charge in [0.2, 0.25) is 15.8 Å². The molecule has 0 radical (unpaired) electrons. The van der Waals surface area contributed by atoms with E-state index >= 15 is 0 Å². The Hall–Kier alpha value is -3.36. The molecule has 0 spiro atoms. The van der Waals surface area contributed by atoms with Crippen molar-refractivity contribution in [3.05, 3.63) is 71.3 Å². The highest BCUT2D eigenvalue weighted by Gasteiger charge is 2.26. The number of fused-ring (bicyclic) bond motifs is 1. The van der Waals surface area contributed by atoms with E-state index in [1.165, 1.54) is 19.2 Å².